The zero-order chi connectivity index (χ0) is 31.6. The zero-order valence-electron chi connectivity index (χ0n) is 26.3. The fourth-order valence-electron chi connectivity index (χ4n) is 9.06. The summed E-state index contributed by atoms with van der Waals surface area (Å²) >= 11 is 1.88. The van der Waals surface area contributed by atoms with E-state index in [1.807, 2.05) is 11.3 Å². The molecule has 0 fully saturated rings. The maximum absolute atomic E-state index is 6.99. The number of benzene rings is 7. The lowest BCUT2D eigenvalue weighted by Crippen LogP contribution is -2.87. The lowest BCUT2D eigenvalue weighted by atomic mass is 9.34. The third kappa shape index (κ3) is 3.32. The number of rotatable bonds is 3. The lowest BCUT2D eigenvalue weighted by Gasteiger charge is -2.49. The summed E-state index contributed by atoms with van der Waals surface area (Å²) in [6, 6.07) is 56.9. The summed E-state index contributed by atoms with van der Waals surface area (Å²) in [4.78, 5) is 2.53. The summed E-state index contributed by atoms with van der Waals surface area (Å²) in [5, 5.41) is 8.35. The molecular weight excluding hydrogens is 617 g/mol. The van der Waals surface area contributed by atoms with Crippen LogP contribution in [-0.2, 0) is 0 Å². The number of hydrogen-bond donors (Lipinski definition) is 0. The smallest absolute Gasteiger partial charge is 0.256 e. The molecule has 0 unspecified atom stereocenters. The van der Waals surface area contributed by atoms with Gasteiger partial charge in [0.15, 0.2) is 8.07 Å². The highest BCUT2D eigenvalue weighted by molar-refractivity contribution is 7.27. The molecule has 48 heavy (non-hydrogen) atoms. The Morgan fingerprint density at radius 1 is 0.542 bits per heavy atom. The van der Waals surface area contributed by atoms with E-state index in [0.717, 1.165) is 11.5 Å². The van der Waals surface area contributed by atoms with Gasteiger partial charge >= 0.3 is 0 Å². The van der Waals surface area contributed by atoms with Crippen LogP contribution in [0, 0.1) is 6.92 Å². The Hall–Kier alpha value is -5.36. The molecule has 0 aliphatic carbocycles. The van der Waals surface area contributed by atoms with Gasteiger partial charge in [-0.25, -0.2) is 0 Å². The van der Waals surface area contributed by atoms with Crippen molar-refractivity contribution in [2.45, 2.75) is 6.92 Å². The molecule has 11 rings (SSSR count). The normalized spacial score (nSPS) is 14.6. The van der Waals surface area contributed by atoms with E-state index < -0.39 is 8.07 Å². The number of ether oxygens (including phenoxy) is 1. The van der Waals surface area contributed by atoms with Gasteiger partial charge in [0.05, 0.1) is 0 Å². The van der Waals surface area contributed by atoms with Crippen LogP contribution in [0.15, 0.2) is 152 Å². The molecule has 0 saturated heterocycles. The summed E-state index contributed by atoms with van der Waals surface area (Å²) in [6.45, 7) is 2.29. The molecule has 224 valence electrons. The Bertz CT molecular complexity index is 2590. The highest BCUT2D eigenvalue weighted by Crippen LogP contribution is 2.44. The number of fused-ring (bicyclic) bond motifs is 3. The van der Waals surface area contributed by atoms with Crippen LogP contribution in [0.2, 0.25) is 0 Å². The molecule has 0 spiro atoms. The molecule has 7 aromatic carbocycles. The van der Waals surface area contributed by atoms with Gasteiger partial charge < -0.3 is 9.64 Å². The van der Waals surface area contributed by atoms with Gasteiger partial charge in [-0.2, -0.15) is 0 Å². The highest BCUT2D eigenvalue weighted by Gasteiger charge is 2.55. The number of anilines is 3. The van der Waals surface area contributed by atoms with Crippen molar-refractivity contribution in [3.05, 3.63) is 157 Å². The van der Waals surface area contributed by atoms with Crippen molar-refractivity contribution in [3.63, 3.8) is 0 Å². The minimum Gasteiger partial charge on any atom is -0.458 e. The van der Waals surface area contributed by atoms with Crippen LogP contribution in [0.1, 0.15) is 5.56 Å². The Kier molecular flexibility index (Phi) is 5.34. The van der Waals surface area contributed by atoms with E-state index in [4.69, 9.17) is 4.74 Å². The first-order chi connectivity index (χ1) is 23.7. The Morgan fingerprint density at radius 3 is 2.02 bits per heavy atom. The van der Waals surface area contributed by atoms with E-state index in [1.165, 1.54) is 79.9 Å². The molecule has 2 nitrogen and oxygen atoms in total. The molecule has 3 aliphatic heterocycles. The molecule has 0 atom stereocenters. The molecule has 0 radical (unpaired) electrons. The molecule has 3 aliphatic rings. The fraction of sp³-hybridized carbons (Fsp3) is 0.0233. The average Bonchev–Trinajstić information content (AvgIpc) is 3.50. The maximum Gasteiger partial charge on any atom is 0.256 e. The van der Waals surface area contributed by atoms with Gasteiger partial charge in [0.25, 0.3) is 6.71 Å². The van der Waals surface area contributed by atoms with Crippen molar-refractivity contribution >= 4 is 100 Å². The van der Waals surface area contributed by atoms with Crippen LogP contribution >= 0.6 is 11.3 Å². The van der Waals surface area contributed by atoms with Crippen molar-refractivity contribution in [3.8, 4) is 11.5 Å². The van der Waals surface area contributed by atoms with Crippen molar-refractivity contribution in [1.82, 2.24) is 0 Å². The van der Waals surface area contributed by atoms with Gasteiger partial charge in [0.1, 0.15) is 11.5 Å². The molecule has 4 heterocycles. The van der Waals surface area contributed by atoms with E-state index in [2.05, 4.69) is 163 Å². The summed E-state index contributed by atoms with van der Waals surface area (Å²) < 4.78 is 9.62. The quantitative estimate of drug-likeness (QED) is 0.205. The van der Waals surface area contributed by atoms with Crippen molar-refractivity contribution in [2.75, 3.05) is 4.90 Å². The standard InChI is InChI=1S/C43H28BNOSSi/c1-27-24-34-41-36(25-27)46-35-18-11-21-40-43(35)44(41)42-33(45(34)28-22-23-32-31-16-8-9-19-37(31)47-38(32)26-28)17-10-20-39(42)48(40,29-12-4-2-5-13-29)30-14-6-3-7-15-30/h2-26H,1H3. The molecule has 0 N–H and O–H groups in total. The Balaban J connectivity index is 1.28. The lowest BCUT2D eigenvalue weighted by molar-refractivity contribution is 0.487. The van der Waals surface area contributed by atoms with Crippen molar-refractivity contribution in [1.29, 1.82) is 0 Å². The minimum absolute atomic E-state index is 0.0964. The average molecular weight is 646 g/mol. The zero-order valence-corrected chi connectivity index (χ0v) is 28.1. The van der Waals surface area contributed by atoms with Gasteiger partial charge in [-0.3, -0.25) is 0 Å². The van der Waals surface area contributed by atoms with Crippen LogP contribution in [0.5, 0.6) is 11.5 Å². The van der Waals surface area contributed by atoms with Crippen molar-refractivity contribution in [2.24, 2.45) is 0 Å². The van der Waals surface area contributed by atoms with Crippen LogP contribution in [0.4, 0.5) is 17.1 Å². The first kappa shape index (κ1) is 26.7. The molecule has 8 aromatic rings. The fourth-order valence-corrected chi connectivity index (χ4v) is 15.5. The predicted octanol–water partition coefficient (Wildman–Crippen LogP) is 6.46. The topological polar surface area (TPSA) is 12.5 Å². The monoisotopic (exact) mass is 645 g/mol. The first-order valence-electron chi connectivity index (χ1n) is 16.6. The van der Waals surface area contributed by atoms with E-state index in [9.17, 15) is 0 Å². The van der Waals surface area contributed by atoms with E-state index in [1.54, 1.807) is 0 Å². The molecule has 1 aromatic heterocycles. The van der Waals surface area contributed by atoms with E-state index >= 15 is 0 Å². The van der Waals surface area contributed by atoms with Crippen LogP contribution < -0.4 is 46.8 Å². The summed E-state index contributed by atoms with van der Waals surface area (Å²) in [7, 11) is -2.77. The second-order valence-corrected chi connectivity index (χ2v) is 18.1. The molecule has 0 bridgehead atoms. The largest absolute Gasteiger partial charge is 0.458 e. The van der Waals surface area contributed by atoms with Gasteiger partial charge in [-0.15, -0.1) is 11.3 Å². The predicted molar refractivity (Wildman–Crippen MR) is 207 cm³/mol. The number of nitrogens with zero attached hydrogens (tertiary/aromatic N) is 1. The van der Waals surface area contributed by atoms with Crippen LogP contribution in [0.3, 0.4) is 0 Å². The number of aryl methyl sites for hydroxylation is 1. The second-order valence-electron chi connectivity index (χ2n) is 13.3. The van der Waals surface area contributed by atoms with E-state index in [0.29, 0.717) is 0 Å². The maximum atomic E-state index is 6.99. The third-order valence-corrected chi connectivity index (χ3v) is 16.8. The van der Waals surface area contributed by atoms with Gasteiger partial charge in [0, 0.05) is 37.2 Å². The van der Waals surface area contributed by atoms with Crippen LogP contribution in [0.25, 0.3) is 20.2 Å². The molecule has 5 heteroatoms. The minimum atomic E-state index is -2.77. The number of thiophene rings is 1. The van der Waals surface area contributed by atoms with Gasteiger partial charge in [0.2, 0.25) is 0 Å². The van der Waals surface area contributed by atoms with Crippen LogP contribution in [-0.4, -0.2) is 14.8 Å². The van der Waals surface area contributed by atoms with Gasteiger partial charge in [-0.05, 0) is 92.1 Å². The van der Waals surface area contributed by atoms with Gasteiger partial charge in [-0.1, -0.05) is 109 Å². The second kappa shape index (κ2) is 9.60. The highest BCUT2D eigenvalue weighted by atomic mass is 32.1. The SMILES string of the molecule is Cc1cc2c3c(c1)N(c1ccc4c(c1)sc1ccccc14)c1cccc4c1B3c1c(cccc1[Si]4(c1ccccc1)c1ccccc1)O2. The molecule has 0 saturated carbocycles. The Labute approximate surface area is 284 Å². The van der Waals surface area contributed by atoms with Crippen molar-refractivity contribution < 1.29 is 4.74 Å². The number of hydrogen-bond acceptors (Lipinski definition) is 3. The van der Waals surface area contributed by atoms with E-state index in [-0.39, 0.29) is 6.71 Å². The third-order valence-electron chi connectivity index (χ3n) is 10.8. The Morgan fingerprint density at radius 2 is 1.23 bits per heavy atom. The molecule has 0 amide bonds. The molecular formula is C43H28BNOSSi. The summed E-state index contributed by atoms with van der Waals surface area (Å²) in [6.07, 6.45) is 0. The summed E-state index contributed by atoms with van der Waals surface area (Å²) in [5.41, 5.74) is 8.92. The first-order valence-corrected chi connectivity index (χ1v) is 19.4. The summed E-state index contributed by atoms with van der Waals surface area (Å²) in [5.74, 6) is 1.97.